The summed E-state index contributed by atoms with van der Waals surface area (Å²) in [4.78, 5) is 18.5. The van der Waals surface area contributed by atoms with E-state index in [-0.39, 0.29) is 6.03 Å². The Kier molecular flexibility index (Phi) is 4.22. The highest BCUT2D eigenvalue weighted by Crippen LogP contribution is 2.25. The van der Waals surface area contributed by atoms with E-state index in [9.17, 15) is 4.79 Å². The molecule has 94 valence electrons. The number of benzene rings is 1. The molecule has 0 fully saturated rings. The first-order valence-corrected chi connectivity index (χ1v) is 6.30. The van der Waals surface area contributed by atoms with Crippen LogP contribution in [0.4, 0.5) is 10.5 Å². The van der Waals surface area contributed by atoms with Crippen molar-refractivity contribution >= 4 is 39.2 Å². The van der Waals surface area contributed by atoms with Crippen molar-refractivity contribution in [2.24, 2.45) is 0 Å². The fourth-order valence-corrected chi connectivity index (χ4v) is 2.04. The zero-order valence-corrected chi connectivity index (χ0v) is 11.5. The van der Waals surface area contributed by atoms with Crippen molar-refractivity contribution in [2.45, 2.75) is 6.54 Å². The van der Waals surface area contributed by atoms with Gasteiger partial charge in [-0.2, -0.15) is 0 Å². The van der Waals surface area contributed by atoms with Crippen molar-refractivity contribution in [2.75, 3.05) is 5.32 Å². The molecule has 3 N–H and O–H groups in total. The van der Waals surface area contributed by atoms with Gasteiger partial charge in [-0.15, -0.1) is 0 Å². The number of imidazole rings is 1. The van der Waals surface area contributed by atoms with Gasteiger partial charge in [0.2, 0.25) is 0 Å². The Morgan fingerprint density at radius 1 is 1.50 bits per heavy atom. The molecule has 0 aliphatic carbocycles. The standard InChI is InChI=1S/C11H10BrClN4O/c12-7-1-2-9(8(13)5-7)17-11(18)16-6-10-14-3-4-15-10/h1-5H,6H2,(H,14,15)(H2,16,17,18). The topological polar surface area (TPSA) is 69.8 Å². The van der Waals surface area contributed by atoms with Crippen molar-refractivity contribution in [3.8, 4) is 0 Å². The van der Waals surface area contributed by atoms with Crippen LogP contribution in [0.25, 0.3) is 0 Å². The second-order valence-electron chi connectivity index (χ2n) is 3.47. The van der Waals surface area contributed by atoms with E-state index in [1.165, 1.54) is 0 Å². The lowest BCUT2D eigenvalue weighted by Crippen LogP contribution is -2.28. The van der Waals surface area contributed by atoms with Crippen LogP contribution >= 0.6 is 27.5 Å². The lowest BCUT2D eigenvalue weighted by molar-refractivity contribution is 0.251. The van der Waals surface area contributed by atoms with Crippen LogP contribution in [0, 0.1) is 0 Å². The second-order valence-corrected chi connectivity index (χ2v) is 4.79. The van der Waals surface area contributed by atoms with E-state index in [1.54, 1.807) is 30.6 Å². The summed E-state index contributed by atoms with van der Waals surface area (Å²) in [5.41, 5.74) is 0.553. The number of hydrogen-bond acceptors (Lipinski definition) is 2. The van der Waals surface area contributed by atoms with Gasteiger partial charge in [-0.3, -0.25) is 0 Å². The van der Waals surface area contributed by atoms with Gasteiger partial charge in [-0.05, 0) is 18.2 Å². The van der Waals surface area contributed by atoms with Crippen molar-refractivity contribution in [3.63, 3.8) is 0 Å². The molecular formula is C11H10BrClN4O. The maximum atomic E-state index is 11.6. The summed E-state index contributed by atoms with van der Waals surface area (Å²) in [6, 6.07) is 4.90. The van der Waals surface area contributed by atoms with Gasteiger partial charge in [-0.1, -0.05) is 27.5 Å². The normalized spacial score (nSPS) is 10.1. The summed E-state index contributed by atoms with van der Waals surface area (Å²) in [5.74, 6) is 0.687. The number of aromatic amines is 1. The van der Waals surface area contributed by atoms with Crippen LogP contribution in [0.2, 0.25) is 5.02 Å². The zero-order valence-electron chi connectivity index (χ0n) is 9.21. The maximum Gasteiger partial charge on any atom is 0.319 e. The third-order valence-electron chi connectivity index (χ3n) is 2.15. The summed E-state index contributed by atoms with van der Waals surface area (Å²) in [6.45, 7) is 0.326. The van der Waals surface area contributed by atoms with Crippen molar-refractivity contribution in [1.82, 2.24) is 15.3 Å². The fraction of sp³-hybridized carbons (Fsp3) is 0.0909. The average molecular weight is 330 g/mol. The fourth-order valence-electron chi connectivity index (χ4n) is 1.32. The highest BCUT2D eigenvalue weighted by molar-refractivity contribution is 9.10. The van der Waals surface area contributed by atoms with Crippen molar-refractivity contribution < 1.29 is 4.79 Å². The predicted molar refractivity (Wildman–Crippen MR) is 73.6 cm³/mol. The zero-order chi connectivity index (χ0) is 13.0. The van der Waals surface area contributed by atoms with Gasteiger partial charge < -0.3 is 15.6 Å². The third-order valence-corrected chi connectivity index (χ3v) is 2.96. The Bertz CT molecular complexity index is 544. The SMILES string of the molecule is O=C(NCc1ncc[nH]1)Nc1ccc(Br)cc1Cl. The molecule has 0 atom stereocenters. The van der Waals surface area contributed by atoms with Crippen LogP contribution in [-0.4, -0.2) is 16.0 Å². The molecule has 0 aliphatic heterocycles. The maximum absolute atomic E-state index is 11.6. The van der Waals surface area contributed by atoms with E-state index in [1.807, 2.05) is 0 Å². The first-order valence-electron chi connectivity index (χ1n) is 5.13. The van der Waals surface area contributed by atoms with Gasteiger partial charge in [0.25, 0.3) is 0 Å². The van der Waals surface area contributed by atoms with E-state index in [2.05, 4.69) is 36.5 Å². The molecule has 2 amide bonds. The Morgan fingerprint density at radius 3 is 3.00 bits per heavy atom. The summed E-state index contributed by atoms with van der Waals surface area (Å²) >= 11 is 9.28. The number of H-pyrrole nitrogens is 1. The largest absolute Gasteiger partial charge is 0.347 e. The monoisotopic (exact) mass is 328 g/mol. The minimum atomic E-state index is -0.337. The van der Waals surface area contributed by atoms with Crippen molar-refractivity contribution in [3.05, 3.63) is 45.9 Å². The average Bonchev–Trinajstić information content (AvgIpc) is 2.83. The van der Waals surface area contributed by atoms with Crippen molar-refractivity contribution in [1.29, 1.82) is 0 Å². The quantitative estimate of drug-likeness (QED) is 0.809. The first-order chi connectivity index (χ1) is 8.65. The van der Waals surface area contributed by atoms with Gasteiger partial charge >= 0.3 is 6.03 Å². The van der Waals surface area contributed by atoms with E-state index in [4.69, 9.17) is 11.6 Å². The van der Waals surface area contributed by atoms with Crippen LogP contribution in [0.5, 0.6) is 0 Å². The number of carbonyl (C=O) groups is 1. The van der Waals surface area contributed by atoms with Gasteiger partial charge in [0.05, 0.1) is 17.3 Å². The van der Waals surface area contributed by atoms with Crippen LogP contribution in [-0.2, 0) is 6.54 Å². The molecule has 7 heteroatoms. The number of hydrogen-bond donors (Lipinski definition) is 3. The van der Waals surface area contributed by atoms with Gasteiger partial charge in [-0.25, -0.2) is 9.78 Å². The van der Waals surface area contributed by atoms with E-state index >= 15 is 0 Å². The number of halogens is 2. The summed E-state index contributed by atoms with van der Waals surface area (Å²) < 4.78 is 0.856. The first kappa shape index (κ1) is 12.9. The van der Waals surface area contributed by atoms with E-state index in [0.29, 0.717) is 23.1 Å². The Hall–Kier alpha value is -1.53. The molecule has 0 unspecified atom stereocenters. The summed E-state index contributed by atoms with van der Waals surface area (Å²) in [7, 11) is 0. The molecule has 1 aromatic heterocycles. The number of rotatable bonds is 3. The highest BCUT2D eigenvalue weighted by Gasteiger charge is 2.06. The molecule has 0 radical (unpaired) electrons. The number of carbonyl (C=O) groups excluding carboxylic acids is 1. The van der Waals surface area contributed by atoms with E-state index in [0.717, 1.165) is 4.47 Å². The molecule has 1 heterocycles. The number of nitrogens with one attached hydrogen (secondary N) is 3. The molecule has 2 rings (SSSR count). The Balaban J connectivity index is 1.91. The van der Waals surface area contributed by atoms with Crippen LogP contribution in [0.1, 0.15) is 5.82 Å². The molecular weight excluding hydrogens is 320 g/mol. The molecule has 2 aromatic rings. The van der Waals surface area contributed by atoms with Gasteiger partial charge in [0.15, 0.2) is 0 Å². The predicted octanol–water partition coefficient (Wildman–Crippen LogP) is 3.15. The lowest BCUT2D eigenvalue weighted by atomic mass is 10.3. The smallest absolute Gasteiger partial charge is 0.319 e. The molecule has 0 saturated carbocycles. The second kappa shape index (κ2) is 5.88. The molecule has 0 spiro atoms. The number of amides is 2. The molecule has 5 nitrogen and oxygen atoms in total. The number of aromatic nitrogens is 2. The number of urea groups is 1. The van der Waals surface area contributed by atoms with Gasteiger partial charge in [0, 0.05) is 16.9 Å². The molecule has 1 aromatic carbocycles. The molecule has 0 bridgehead atoms. The van der Waals surface area contributed by atoms with Crippen LogP contribution in [0.15, 0.2) is 35.1 Å². The number of anilines is 1. The van der Waals surface area contributed by atoms with E-state index < -0.39 is 0 Å². The molecule has 18 heavy (non-hydrogen) atoms. The minimum Gasteiger partial charge on any atom is -0.347 e. The number of nitrogens with zero attached hydrogens (tertiary/aromatic N) is 1. The third kappa shape index (κ3) is 3.48. The Labute approximate surface area is 117 Å². The molecule has 0 aliphatic rings. The Morgan fingerprint density at radius 2 is 2.33 bits per heavy atom. The van der Waals surface area contributed by atoms with Gasteiger partial charge in [0.1, 0.15) is 5.82 Å². The van der Waals surface area contributed by atoms with Crippen LogP contribution in [0.3, 0.4) is 0 Å². The minimum absolute atomic E-state index is 0.326. The van der Waals surface area contributed by atoms with Crippen LogP contribution < -0.4 is 10.6 Å². The summed E-state index contributed by atoms with van der Waals surface area (Å²) in [5, 5.41) is 5.79. The summed E-state index contributed by atoms with van der Waals surface area (Å²) in [6.07, 6.45) is 3.32. The lowest BCUT2D eigenvalue weighted by Gasteiger charge is -2.08. The highest BCUT2D eigenvalue weighted by atomic mass is 79.9. The molecule has 0 saturated heterocycles.